The lowest BCUT2D eigenvalue weighted by atomic mass is 10.0. The lowest BCUT2D eigenvalue weighted by molar-refractivity contribution is 0.319. The van der Waals surface area contributed by atoms with Gasteiger partial charge in [-0.2, -0.15) is 4.98 Å². The number of hydrogen-bond acceptors (Lipinski definition) is 4. The molecule has 0 radical (unpaired) electrons. The summed E-state index contributed by atoms with van der Waals surface area (Å²) in [5, 5.41) is 7.34. The van der Waals surface area contributed by atoms with E-state index in [-0.39, 0.29) is 11.9 Å². The molecule has 0 amide bonds. The van der Waals surface area contributed by atoms with Crippen molar-refractivity contribution in [1.29, 1.82) is 0 Å². The monoisotopic (exact) mass is 261 g/mol. The van der Waals surface area contributed by atoms with Crippen molar-refractivity contribution < 1.29 is 8.91 Å². The topological polar surface area (TPSA) is 51.0 Å². The maximum atomic E-state index is 13.2. The van der Waals surface area contributed by atoms with Crippen molar-refractivity contribution in [1.82, 2.24) is 15.5 Å². The number of nitrogens with zero attached hydrogens (tertiary/aromatic N) is 2. The van der Waals surface area contributed by atoms with Gasteiger partial charge in [-0.3, -0.25) is 0 Å². The van der Waals surface area contributed by atoms with Crippen molar-refractivity contribution in [2.75, 3.05) is 6.54 Å². The molecule has 2 unspecified atom stereocenters. The number of aryl methyl sites for hydroxylation is 1. The van der Waals surface area contributed by atoms with Crippen LogP contribution in [0.25, 0.3) is 11.4 Å². The van der Waals surface area contributed by atoms with Gasteiger partial charge in [0.2, 0.25) is 11.7 Å². The van der Waals surface area contributed by atoms with Gasteiger partial charge < -0.3 is 9.84 Å². The molecule has 0 spiro atoms. The Bertz CT molecular complexity index is 596. The molecule has 1 aliphatic rings. The molecule has 3 rings (SSSR count). The maximum Gasteiger partial charge on any atom is 0.244 e. The Labute approximate surface area is 111 Å². The van der Waals surface area contributed by atoms with E-state index in [2.05, 4.69) is 22.4 Å². The third-order valence-electron chi connectivity index (χ3n) is 3.66. The van der Waals surface area contributed by atoms with Crippen LogP contribution in [0.1, 0.15) is 30.8 Å². The van der Waals surface area contributed by atoms with Crippen LogP contribution < -0.4 is 5.32 Å². The van der Waals surface area contributed by atoms with Gasteiger partial charge in [0, 0.05) is 5.56 Å². The summed E-state index contributed by atoms with van der Waals surface area (Å²) in [6.45, 7) is 4.86. The molecule has 1 aromatic heterocycles. The highest BCUT2D eigenvalue weighted by atomic mass is 19.1. The zero-order valence-electron chi connectivity index (χ0n) is 11.0. The first kappa shape index (κ1) is 12.3. The number of halogens is 1. The lowest BCUT2D eigenvalue weighted by Gasteiger charge is -2.09. The molecule has 4 nitrogen and oxygen atoms in total. The Kier molecular flexibility index (Phi) is 3.06. The van der Waals surface area contributed by atoms with Crippen LogP contribution >= 0.6 is 0 Å². The number of benzene rings is 1. The van der Waals surface area contributed by atoms with E-state index < -0.39 is 0 Å². The Hall–Kier alpha value is -1.75. The molecule has 0 aliphatic carbocycles. The van der Waals surface area contributed by atoms with Gasteiger partial charge in [0.05, 0.1) is 6.04 Å². The standard InChI is InChI=1S/C14H16FN3O/c1-8-5-6-16-12(8)14-17-13(18-19-14)10-3-4-11(15)9(2)7-10/h3-4,7-8,12,16H,5-6H2,1-2H3. The van der Waals surface area contributed by atoms with Crippen molar-refractivity contribution >= 4 is 0 Å². The van der Waals surface area contributed by atoms with Gasteiger partial charge in [0.15, 0.2) is 0 Å². The van der Waals surface area contributed by atoms with Gasteiger partial charge in [0.25, 0.3) is 0 Å². The Morgan fingerprint density at radius 2 is 2.26 bits per heavy atom. The van der Waals surface area contributed by atoms with E-state index in [1.165, 1.54) is 6.07 Å². The number of aromatic nitrogens is 2. The fraction of sp³-hybridized carbons (Fsp3) is 0.429. The molecule has 1 aliphatic heterocycles. The van der Waals surface area contributed by atoms with Crippen molar-refractivity contribution in [3.05, 3.63) is 35.5 Å². The largest absolute Gasteiger partial charge is 0.337 e. The molecule has 100 valence electrons. The third kappa shape index (κ3) is 2.26. The van der Waals surface area contributed by atoms with Crippen LogP contribution in [0.3, 0.4) is 0 Å². The van der Waals surface area contributed by atoms with Crippen LogP contribution in [0.5, 0.6) is 0 Å². The summed E-state index contributed by atoms with van der Waals surface area (Å²) in [4.78, 5) is 4.42. The predicted molar refractivity (Wildman–Crippen MR) is 69.0 cm³/mol. The molecule has 1 aromatic carbocycles. The first-order chi connectivity index (χ1) is 9.15. The Balaban J connectivity index is 1.90. The smallest absolute Gasteiger partial charge is 0.244 e. The summed E-state index contributed by atoms with van der Waals surface area (Å²) in [5.74, 6) is 1.39. The molecule has 2 atom stereocenters. The minimum Gasteiger partial charge on any atom is -0.337 e. The second kappa shape index (κ2) is 4.74. The highest BCUT2D eigenvalue weighted by molar-refractivity contribution is 5.55. The molecular weight excluding hydrogens is 245 g/mol. The average Bonchev–Trinajstić information content (AvgIpc) is 3.01. The molecule has 1 saturated heterocycles. The molecule has 1 N–H and O–H groups in total. The Morgan fingerprint density at radius 1 is 1.42 bits per heavy atom. The van der Waals surface area contributed by atoms with Crippen LogP contribution in [0.2, 0.25) is 0 Å². The van der Waals surface area contributed by atoms with Gasteiger partial charge in [-0.15, -0.1) is 0 Å². The summed E-state index contributed by atoms with van der Waals surface area (Å²) in [5.41, 5.74) is 1.36. The van der Waals surface area contributed by atoms with Gasteiger partial charge >= 0.3 is 0 Å². The van der Waals surface area contributed by atoms with Crippen molar-refractivity contribution in [3.63, 3.8) is 0 Å². The molecule has 1 fully saturated rings. The van der Waals surface area contributed by atoms with E-state index in [1.807, 2.05) is 0 Å². The lowest BCUT2D eigenvalue weighted by Crippen LogP contribution is -2.16. The summed E-state index contributed by atoms with van der Waals surface area (Å²) in [7, 11) is 0. The van der Waals surface area contributed by atoms with Gasteiger partial charge in [-0.1, -0.05) is 12.1 Å². The van der Waals surface area contributed by atoms with Crippen LogP contribution in [-0.2, 0) is 0 Å². The van der Waals surface area contributed by atoms with Crippen LogP contribution in [0, 0.1) is 18.7 Å². The fourth-order valence-corrected chi connectivity index (χ4v) is 2.43. The Morgan fingerprint density at radius 3 is 2.95 bits per heavy atom. The van der Waals surface area contributed by atoms with Crippen LogP contribution in [0.4, 0.5) is 4.39 Å². The fourth-order valence-electron chi connectivity index (χ4n) is 2.43. The van der Waals surface area contributed by atoms with E-state index in [4.69, 9.17) is 4.52 Å². The molecule has 19 heavy (non-hydrogen) atoms. The van der Waals surface area contributed by atoms with E-state index >= 15 is 0 Å². The van der Waals surface area contributed by atoms with Gasteiger partial charge in [-0.25, -0.2) is 4.39 Å². The van der Waals surface area contributed by atoms with Gasteiger partial charge in [0.1, 0.15) is 5.82 Å². The highest BCUT2D eigenvalue weighted by Gasteiger charge is 2.29. The third-order valence-corrected chi connectivity index (χ3v) is 3.66. The van der Waals surface area contributed by atoms with Crippen LogP contribution in [0.15, 0.2) is 22.7 Å². The van der Waals surface area contributed by atoms with E-state index in [0.717, 1.165) is 18.5 Å². The minimum absolute atomic E-state index is 0.128. The van der Waals surface area contributed by atoms with Crippen molar-refractivity contribution in [2.24, 2.45) is 5.92 Å². The first-order valence-corrected chi connectivity index (χ1v) is 6.48. The molecular formula is C14H16FN3O. The second-order valence-corrected chi connectivity index (χ2v) is 5.12. The molecule has 5 heteroatoms. The summed E-state index contributed by atoms with van der Waals surface area (Å²) >= 11 is 0. The maximum absolute atomic E-state index is 13.2. The summed E-state index contributed by atoms with van der Waals surface area (Å²) in [6.07, 6.45) is 1.11. The number of nitrogens with one attached hydrogen (secondary N) is 1. The molecule has 2 aromatic rings. The van der Waals surface area contributed by atoms with Crippen molar-refractivity contribution in [2.45, 2.75) is 26.3 Å². The summed E-state index contributed by atoms with van der Waals surface area (Å²) < 4.78 is 18.6. The average molecular weight is 261 g/mol. The molecule has 0 bridgehead atoms. The zero-order chi connectivity index (χ0) is 13.4. The van der Waals surface area contributed by atoms with E-state index in [9.17, 15) is 4.39 Å². The molecule has 2 heterocycles. The van der Waals surface area contributed by atoms with Crippen LogP contribution in [-0.4, -0.2) is 16.7 Å². The van der Waals surface area contributed by atoms with Gasteiger partial charge in [-0.05, 0) is 49.6 Å². The second-order valence-electron chi connectivity index (χ2n) is 5.12. The van der Waals surface area contributed by atoms with E-state index in [0.29, 0.717) is 23.2 Å². The predicted octanol–water partition coefficient (Wildman–Crippen LogP) is 2.85. The quantitative estimate of drug-likeness (QED) is 0.903. The van der Waals surface area contributed by atoms with Crippen molar-refractivity contribution in [3.8, 4) is 11.4 Å². The molecule has 0 saturated carbocycles. The SMILES string of the molecule is Cc1cc(-c2noc(C3NCCC3C)n2)ccc1F. The number of hydrogen-bond donors (Lipinski definition) is 1. The first-order valence-electron chi connectivity index (χ1n) is 6.48. The minimum atomic E-state index is -0.224. The normalized spacial score (nSPS) is 22.9. The summed E-state index contributed by atoms with van der Waals surface area (Å²) in [6, 6.07) is 4.96. The van der Waals surface area contributed by atoms with E-state index in [1.54, 1.807) is 19.1 Å². The zero-order valence-corrected chi connectivity index (χ0v) is 11.0. The number of rotatable bonds is 2. The highest BCUT2D eigenvalue weighted by Crippen LogP contribution is 2.29.